The zero-order chi connectivity index (χ0) is 49.8. The average molecular weight is 975 g/mol. The number of rotatable bonds is 10. The second-order valence-electron chi connectivity index (χ2n) is 16.6. The van der Waals surface area contributed by atoms with E-state index in [2.05, 4.69) is 9.98 Å². The summed E-state index contributed by atoms with van der Waals surface area (Å²) in [6, 6.07) is 21.2. The fraction of sp³-hybridized carbons (Fsp3) is 0.312. The lowest BCUT2D eigenvalue weighted by atomic mass is 9.81. The van der Waals surface area contributed by atoms with Gasteiger partial charge in [-0.15, -0.1) is 0 Å². The minimum Gasteiger partial charge on any atom is -0.481 e. The van der Waals surface area contributed by atoms with Crippen molar-refractivity contribution in [3.05, 3.63) is 142 Å². The van der Waals surface area contributed by atoms with Gasteiger partial charge in [0.15, 0.2) is 23.0 Å². The van der Waals surface area contributed by atoms with E-state index in [0.717, 1.165) is 81.9 Å². The van der Waals surface area contributed by atoms with E-state index in [4.69, 9.17) is 29.7 Å². The van der Waals surface area contributed by atoms with Crippen LogP contribution in [0.15, 0.2) is 107 Å². The second-order valence-corrected chi connectivity index (χ2v) is 19.7. The number of nitrogens with two attached hydrogens (primary N) is 2. The number of allylic oxidation sites excluding steroid dienone is 4. The van der Waals surface area contributed by atoms with E-state index in [1.807, 2.05) is 12.2 Å². The van der Waals surface area contributed by atoms with Gasteiger partial charge in [0, 0.05) is 32.1 Å². The maximum atomic E-state index is 14.8. The van der Waals surface area contributed by atoms with Crippen molar-refractivity contribution in [1.29, 1.82) is 0 Å². The number of likely N-dealkylation sites (N-methyl/N-ethyl adjacent to an activating group) is 2. The first-order valence-corrected chi connectivity index (χ1v) is 25.1. The number of amides is 2. The van der Waals surface area contributed by atoms with Crippen LogP contribution in [0.2, 0.25) is 0 Å². The van der Waals surface area contributed by atoms with Gasteiger partial charge in [0.1, 0.15) is 23.1 Å². The number of hydrogen-bond donors (Lipinski definition) is 3. The van der Waals surface area contributed by atoms with Gasteiger partial charge in [0.25, 0.3) is 17.8 Å². The Morgan fingerprint density at radius 2 is 0.941 bits per heavy atom. The number of carbonyl (C=O) groups excluding carboxylic acids is 2. The standard InChI is InChI=1S/2C23H24FN3O4S.C2H4O2/c2*1-27-21(28)23(26-22(27)25,16-8-11-18(12-9-16)31-32(2,29)30)17-10-13-20(24)19(14-17)15-6-4-3-5-7-15;1-2(3)4/h2*6,8-14H,3-5,7H2,1-2H3,(H2,25,26);1H3,(H,3,4). The zero-order valence-electron chi connectivity index (χ0n) is 38.0. The second kappa shape index (κ2) is 20.1. The summed E-state index contributed by atoms with van der Waals surface area (Å²) in [4.78, 5) is 47.4. The molecule has 5 N–H and O–H groups in total. The Bertz CT molecular complexity index is 2780. The van der Waals surface area contributed by atoms with E-state index >= 15 is 0 Å². The number of hydrogen-bond acceptors (Lipinski definition) is 13. The van der Waals surface area contributed by atoms with Crippen LogP contribution < -0.4 is 19.8 Å². The molecule has 0 saturated heterocycles. The number of guanidine groups is 2. The number of carboxylic acid groups (broad SMARTS) is 1. The summed E-state index contributed by atoms with van der Waals surface area (Å²) in [5.41, 5.74) is 13.6. The number of carboxylic acids is 1. The van der Waals surface area contributed by atoms with E-state index in [1.54, 1.807) is 36.4 Å². The number of carbonyl (C=O) groups is 3. The predicted molar refractivity (Wildman–Crippen MR) is 253 cm³/mol. The Labute approximate surface area is 393 Å². The van der Waals surface area contributed by atoms with Crippen molar-refractivity contribution < 1.29 is 53.5 Å². The smallest absolute Gasteiger partial charge is 0.306 e. The molecule has 4 aliphatic rings. The van der Waals surface area contributed by atoms with Gasteiger partial charge in [0.05, 0.1) is 12.5 Å². The number of halogens is 2. The highest BCUT2D eigenvalue weighted by Crippen LogP contribution is 2.44. The van der Waals surface area contributed by atoms with Crippen LogP contribution in [0, 0.1) is 11.6 Å². The van der Waals surface area contributed by atoms with Crippen molar-refractivity contribution in [2.75, 3.05) is 26.6 Å². The van der Waals surface area contributed by atoms with Crippen LogP contribution in [0.3, 0.4) is 0 Å². The number of aliphatic imine (C=N–C) groups is 2. The van der Waals surface area contributed by atoms with E-state index in [0.29, 0.717) is 33.4 Å². The van der Waals surface area contributed by atoms with Crippen LogP contribution in [0.5, 0.6) is 11.5 Å². The molecule has 0 fully saturated rings. The Morgan fingerprint density at radius 1 is 0.618 bits per heavy atom. The van der Waals surface area contributed by atoms with Crippen LogP contribution in [0.25, 0.3) is 11.1 Å². The first-order valence-electron chi connectivity index (χ1n) is 21.4. The Hall–Kier alpha value is -6.93. The molecule has 2 aliphatic heterocycles. The summed E-state index contributed by atoms with van der Waals surface area (Å²) in [5, 5.41) is 7.42. The van der Waals surface area contributed by atoms with Gasteiger partial charge in [-0.1, -0.05) is 48.6 Å². The zero-order valence-corrected chi connectivity index (χ0v) is 39.7. The average Bonchev–Trinajstić information content (AvgIpc) is 3.66. The fourth-order valence-corrected chi connectivity index (χ4v) is 9.30. The lowest BCUT2D eigenvalue weighted by Gasteiger charge is -2.27. The quantitative estimate of drug-likeness (QED) is 0.146. The molecule has 0 bridgehead atoms. The Balaban J connectivity index is 0.000000208. The third-order valence-corrected chi connectivity index (χ3v) is 12.6. The highest BCUT2D eigenvalue weighted by molar-refractivity contribution is 7.86. The normalized spacial score (nSPS) is 20.5. The molecule has 0 radical (unpaired) electrons. The van der Waals surface area contributed by atoms with Crippen LogP contribution in [-0.4, -0.2) is 88.1 Å². The highest BCUT2D eigenvalue weighted by Gasteiger charge is 2.51. The van der Waals surface area contributed by atoms with E-state index in [9.17, 15) is 35.2 Å². The summed E-state index contributed by atoms with van der Waals surface area (Å²) in [6.45, 7) is 1.08. The van der Waals surface area contributed by atoms with E-state index in [-0.39, 0.29) is 46.9 Å². The summed E-state index contributed by atoms with van der Waals surface area (Å²) in [5.74, 6) is -2.04. The summed E-state index contributed by atoms with van der Waals surface area (Å²) < 4.78 is 85.0. The first-order chi connectivity index (χ1) is 32.0. The van der Waals surface area contributed by atoms with Gasteiger partial charge >= 0.3 is 20.2 Å². The first kappa shape index (κ1) is 50.5. The van der Waals surface area contributed by atoms with Crippen molar-refractivity contribution in [1.82, 2.24) is 9.80 Å². The van der Waals surface area contributed by atoms with Crippen molar-refractivity contribution in [3.63, 3.8) is 0 Å². The van der Waals surface area contributed by atoms with Gasteiger partial charge in [-0.05, 0) is 133 Å². The summed E-state index contributed by atoms with van der Waals surface area (Å²) in [7, 11) is -4.34. The number of nitrogens with zero attached hydrogens (tertiary/aromatic N) is 4. The van der Waals surface area contributed by atoms with Crippen molar-refractivity contribution in [2.45, 2.75) is 69.4 Å². The van der Waals surface area contributed by atoms with E-state index in [1.165, 1.54) is 72.4 Å². The summed E-state index contributed by atoms with van der Waals surface area (Å²) >= 11 is 0. The Morgan fingerprint density at radius 3 is 1.21 bits per heavy atom. The van der Waals surface area contributed by atoms with Crippen LogP contribution >= 0.6 is 0 Å². The third-order valence-electron chi connectivity index (χ3n) is 11.6. The molecule has 16 nitrogen and oxygen atoms in total. The van der Waals surface area contributed by atoms with Gasteiger partial charge < -0.3 is 24.9 Å². The molecule has 4 aromatic carbocycles. The minimum atomic E-state index is -3.70. The maximum absolute atomic E-state index is 14.8. The van der Waals surface area contributed by atoms with Crippen molar-refractivity contribution >= 4 is 61.1 Å². The summed E-state index contributed by atoms with van der Waals surface area (Å²) in [6.07, 6.45) is 13.4. The minimum absolute atomic E-state index is 0.0363. The lowest BCUT2D eigenvalue weighted by Crippen LogP contribution is -2.41. The molecule has 360 valence electrons. The van der Waals surface area contributed by atoms with Crippen molar-refractivity contribution in [3.8, 4) is 11.5 Å². The molecule has 4 aromatic rings. The van der Waals surface area contributed by atoms with Gasteiger partial charge in [0.2, 0.25) is 0 Å². The van der Waals surface area contributed by atoms with Crippen LogP contribution in [0.1, 0.15) is 91.7 Å². The van der Waals surface area contributed by atoms with Gasteiger partial charge in [-0.2, -0.15) is 16.8 Å². The predicted octanol–water partition coefficient (Wildman–Crippen LogP) is 6.39. The molecule has 0 saturated carbocycles. The topological polar surface area (TPSA) is 241 Å². The molecule has 2 aliphatic carbocycles. The lowest BCUT2D eigenvalue weighted by molar-refractivity contribution is -0.134. The molecular formula is C48H52F2N6O10S2. The Kier molecular flexibility index (Phi) is 14.9. The monoisotopic (exact) mass is 974 g/mol. The highest BCUT2D eigenvalue weighted by atomic mass is 32.2. The maximum Gasteiger partial charge on any atom is 0.306 e. The van der Waals surface area contributed by atoms with Gasteiger partial charge in [-0.3, -0.25) is 24.2 Å². The largest absolute Gasteiger partial charge is 0.481 e. The van der Waals surface area contributed by atoms with Crippen LogP contribution in [-0.2, 0) is 45.7 Å². The molecule has 0 spiro atoms. The van der Waals surface area contributed by atoms with Crippen LogP contribution in [0.4, 0.5) is 8.78 Å². The fourth-order valence-electron chi connectivity index (χ4n) is 8.38. The van der Waals surface area contributed by atoms with E-state index < -0.39 is 37.3 Å². The third kappa shape index (κ3) is 10.9. The molecular weight excluding hydrogens is 923 g/mol. The molecule has 0 aromatic heterocycles. The van der Waals surface area contributed by atoms with Gasteiger partial charge in [-0.25, -0.2) is 18.8 Å². The molecule has 2 heterocycles. The molecule has 8 rings (SSSR count). The molecule has 68 heavy (non-hydrogen) atoms. The number of aliphatic carboxylic acids is 1. The molecule has 20 heteroatoms. The molecule has 2 unspecified atom stereocenters. The number of benzene rings is 4. The molecule has 2 amide bonds. The molecule has 2 atom stereocenters. The SMILES string of the molecule is CC(=O)O.CN1C(=O)C(c2ccc(OS(C)(=O)=O)cc2)(c2ccc(F)c(C3=CCCCC3)c2)N=C1N.CN1C(=O)C(c2ccc(OS(C)(=O)=O)cc2)(c2ccc(F)c(C3=CCCCC3)c2)N=C1N. The van der Waals surface area contributed by atoms with Crippen molar-refractivity contribution in [2.24, 2.45) is 21.5 Å².